The maximum Gasteiger partial charge on any atom is 0.327 e. The van der Waals surface area contributed by atoms with Crippen LogP contribution in [0.1, 0.15) is 5.69 Å². The molecule has 0 saturated heterocycles. The fourth-order valence-corrected chi connectivity index (χ4v) is 2.21. The second-order valence-corrected chi connectivity index (χ2v) is 4.83. The first-order chi connectivity index (χ1) is 9.19. The predicted octanol–water partition coefficient (Wildman–Crippen LogP) is 1.19. The number of tetrazole rings is 1. The van der Waals surface area contributed by atoms with Crippen LogP contribution in [0.15, 0.2) is 23.5 Å². The second kappa shape index (κ2) is 6.48. The molecule has 2 aromatic heterocycles. The summed E-state index contributed by atoms with van der Waals surface area (Å²) in [6, 6.07) is 3.47. The van der Waals surface area contributed by atoms with Gasteiger partial charge in [-0.05, 0) is 22.6 Å². The number of ether oxygens (including phenoxy) is 1. The van der Waals surface area contributed by atoms with Crippen molar-refractivity contribution in [1.29, 1.82) is 0 Å². The van der Waals surface area contributed by atoms with E-state index in [-0.39, 0.29) is 6.54 Å². The minimum atomic E-state index is -0.407. The van der Waals surface area contributed by atoms with Gasteiger partial charge in [-0.1, -0.05) is 23.4 Å². The van der Waals surface area contributed by atoms with Gasteiger partial charge in [-0.3, -0.25) is 9.78 Å². The minimum absolute atomic E-state index is 0.0190. The molecule has 100 valence electrons. The number of halogens is 1. The Hall–Kier alpha value is -1.67. The highest BCUT2D eigenvalue weighted by atomic mass is 35.5. The van der Waals surface area contributed by atoms with E-state index in [4.69, 9.17) is 11.6 Å². The van der Waals surface area contributed by atoms with Crippen molar-refractivity contribution in [2.45, 2.75) is 17.5 Å². The largest absolute Gasteiger partial charge is 0.468 e. The molecule has 9 heteroatoms. The van der Waals surface area contributed by atoms with Gasteiger partial charge >= 0.3 is 5.97 Å². The third-order valence-corrected chi connectivity index (χ3v) is 3.36. The summed E-state index contributed by atoms with van der Waals surface area (Å²) in [5, 5.41) is 12.2. The number of carbonyl (C=O) groups is 1. The molecule has 19 heavy (non-hydrogen) atoms. The van der Waals surface area contributed by atoms with E-state index in [0.717, 1.165) is 5.69 Å². The molecule has 0 unspecified atom stereocenters. The van der Waals surface area contributed by atoms with Crippen molar-refractivity contribution < 1.29 is 9.53 Å². The molecule has 0 radical (unpaired) electrons. The second-order valence-electron chi connectivity index (χ2n) is 3.45. The number of hydrogen-bond acceptors (Lipinski definition) is 7. The zero-order valence-corrected chi connectivity index (χ0v) is 11.6. The summed E-state index contributed by atoms with van der Waals surface area (Å²) < 4.78 is 5.94. The molecule has 0 aromatic carbocycles. The number of nitrogens with zero attached hydrogens (tertiary/aromatic N) is 5. The van der Waals surface area contributed by atoms with Crippen molar-refractivity contribution in [3.63, 3.8) is 0 Å². The molecule has 0 atom stereocenters. The molecule has 0 bridgehead atoms. The highest BCUT2D eigenvalue weighted by molar-refractivity contribution is 7.98. The molecule has 2 rings (SSSR count). The lowest BCUT2D eigenvalue weighted by molar-refractivity contribution is -0.141. The van der Waals surface area contributed by atoms with Crippen molar-refractivity contribution in [3.05, 3.63) is 29.0 Å². The zero-order valence-electron chi connectivity index (χ0n) is 9.99. The fourth-order valence-electron chi connectivity index (χ4n) is 1.25. The summed E-state index contributed by atoms with van der Waals surface area (Å²) in [5.41, 5.74) is 0.810. The van der Waals surface area contributed by atoms with E-state index in [1.165, 1.54) is 23.6 Å². The lowest BCUT2D eigenvalue weighted by Gasteiger charge is -2.03. The van der Waals surface area contributed by atoms with Crippen molar-refractivity contribution in [1.82, 2.24) is 25.2 Å². The molecule has 0 amide bonds. The molecule has 0 aliphatic rings. The number of carbonyl (C=O) groups excluding carboxylic acids is 1. The maximum absolute atomic E-state index is 11.2. The molecular weight excluding hydrogens is 290 g/mol. The lowest BCUT2D eigenvalue weighted by atomic mass is 10.4. The number of aromatic nitrogens is 5. The standard InChI is InChI=1S/C10H10ClN5O2S/c1-18-9(17)5-16-10(13-14-15-16)19-6-8-4-7(11)2-3-12-8/h2-4H,5-6H2,1H3. The van der Waals surface area contributed by atoms with Gasteiger partial charge in [0.2, 0.25) is 5.16 Å². The minimum Gasteiger partial charge on any atom is -0.468 e. The van der Waals surface area contributed by atoms with Crippen LogP contribution in [0, 0.1) is 0 Å². The lowest BCUT2D eigenvalue weighted by Crippen LogP contribution is -2.13. The summed E-state index contributed by atoms with van der Waals surface area (Å²) in [7, 11) is 1.31. The van der Waals surface area contributed by atoms with Crippen LogP contribution >= 0.6 is 23.4 Å². The van der Waals surface area contributed by atoms with Crippen LogP contribution in [-0.4, -0.2) is 38.3 Å². The van der Waals surface area contributed by atoms with E-state index < -0.39 is 5.97 Å². The number of esters is 1. The Balaban J connectivity index is 2.00. The number of hydrogen-bond donors (Lipinski definition) is 0. The van der Waals surface area contributed by atoms with Crippen LogP contribution < -0.4 is 0 Å². The molecule has 0 aliphatic carbocycles. The highest BCUT2D eigenvalue weighted by Gasteiger charge is 2.11. The molecule has 0 spiro atoms. The van der Waals surface area contributed by atoms with E-state index in [1.54, 1.807) is 18.3 Å². The summed E-state index contributed by atoms with van der Waals surface area (Å²) >= 11 is 7.23. The number of thioether (sulfide) groups is 1. The Bertz CT molecular complexity index is 577. The first-order valence-electron chi connectivity index (χ1n) is 5.25. The van der Waals surface area contributed by atoms with Gasteiger partial charge in [-0.25, -0.2) is 4.68 Å². The number of methoxy groups -OCH3 is 1. The molecular formula is C10H10ClN5O2S. The molecule has 0 saturated carbocycles. The van der Waals surface area contributed by atoms with Crippen molar-refractivity contribution in [2.24, 2.45) is 0 Å². The first kappa shape index (κ1) is 13.8. The van der Waals surface area contributed by atoms with Gasteiger partial charge in [-0.15, -0.1) is 5.10 Å². The summed E-state index contributed by atoms with van der Waals surface area (Å²) in [4.78, 5) is 15.3. The maximum atomic E-state index is 11.2. The molecule has 0 N–H and O–H groups in total. The molecule has 0 aliphatic heterocycles. The van der Waals surface area contributed by atoms with Crippen LogP contribution in [0.2, 0.25) is 5.02 Å². The van der Waals surface area contributed by atoms with E-state index in [0.29, 0.717) is 15.9 Å². The van der Waals surface area contributed by atoms with Gasteiger partial charge in [0.1, 0.15) is 6.54 Å². The predicted molar refractivity (Wildman–Crippen MR) is 68.6 cm³/mol. The third kappa shape index (κ3) is 3.90. The van der Waals surface area contributed by atoms with Crippen LogP contribution in [0.4, 0.5) is 0 Å². The van der Waals surface area contributed by atoms with Gasteiger partial charge in [0, 0.05) is 17.0 Å². The smallest absolute Gasteiger partial charge is 0.327 e. The summed E-state index contributed by atoms with van der Waals surface area (Å²) in [5.74, 6) is 0.150. The average Bonchev–Trinajstić information content (AvgIpc) is 2.83. The van der Waals surface area contributed by atoms with E-state index in [9.17, 15) is 4.79 Å². The quantitative estimate of drug-likeness (QED) is 0.605. The Labute approximate surface area is 118 Å². The fraction of sp³-hybridized carbons (Fsp3) is 0.300. The van der Waals surface area contributed by atoms with Crippen LogP contribution in [0.25, 0.3) is 0 Å². The van der Waals surface area contributed by atoms with E-state index in [1.807, 2.05) is 0 Å². The topological polar surface area (TPSA) is 82.8 Å². The monoisotopic (exact) mass is 299 g/mol. The highest BCUT2D eigenvalue weighted by Crippen LogP contribution is 2.20. The van der Waals surface area contributed by atoms with Crippen molar-refractivity contribution >= 4 is 29.3 Å². The van der Waals surface area contributed by atoms with Gasteiger partial charge in [0.15, 0.2) is 0 Å². The van der Waals surface area contributed by atoms with Crippen molar-refractivity contribution in [3.8, 4) is 0 Å². The van der Waals surface area contributed by atoms with Gasteiger partial charge in [0.05, 0.1) is 12.8 Å². The molecule has 0 fully saturated rings. The number of rotatable bonds is 5. The summed E-state index contributed by atoms with van der Waals surface area (Å²) in [6.07, 6.45) is 1.63. The summed E-state index contributed by atoms with van der Waals surface area (Å²) in [6.45, 7) is -0.0190. The number of pyridine rings is 1. The first-order valence-corrected chi connectivity index (χ1v) is 6.61. The molecule has 2 aromatic rings. The molecule has 7 nitrogen and oxygen atoms in total. The Morgan fingerprint density at radius 3 is 3.16 bits per heavy atom. The SMILES string of the molecule is COC(=O)Cn1nnnc1SCc1cc(Cl)ccn1. The van der Waals surface area contributed by atoms with Crippen LogP contribution in [-0.2, 0) is 21.8 Å². The van der Waals surface area contributed by atoms with E-state index in [2.05, 4.69) is 25.2 Å². The van der Waals surface area contributed by atoms with Crippen LogP contribution in [0.5, 0.6) is 0 Å². The van der Waals surface area contributed by atoms with E-state index >= 15 is 0 Å². The Morgan fingerprint density at radius 1 is 1.58 bits per heavy atom. The third-order valence-electron chi connectivity index (χ3n) is 2.13. The average molecular weight is 300 g/mol. The van der Waals surface area contributed by atoms with Gasteiger partial charge in [0.25, 0.3) is 0 Å². The van der Waals surface area contributed by atoms with Crippen molar-refractivity contribution in [2.75, 3.05) is 7.11 Å². The Morgan fingerprint density at radius 2 is 2.42 bits per heavy atom. The molecule has 2 heterocycles. The Kier molecular flexibility index (Phi) is 4.69. The van der Waals surface area contributed by atoms with Crippen LogP contribution in [0.3, 0.4) is 0 Å². The normalized spacial score (nSPS) is 10.4. The van der Waals surface area contributed by atoms with Gasteiger partial charge in [-0.2, -0.15) is 0 Å². The van der Waals surface area contributed by atoms with Gasteiger partial charge < -0.3 is 4.74 Å². The zero-order chi connectivity index (χ0) is 13.7.